The number of thioether (sulfide) groups is 1. The Hall–Kier alpha value is -0.0400. The number of nitrogens with one attached hydrogen (secondary N) is 1. The summed E-state index contributed by atoms with van der Waals surface area (Å²) >= 11 is 3.83. The van der Waals surface area contributed by atoms with Crippen LogP contribution in [0.4, 0.5) is 10.2 Å². The molecule has 1 heterocycles. The zero-order valence-corrected chi connectivity index (χ0v) is 10.2. The molecule has 1 N–H and O–H groups in total. The first-order valence-corrected chi connectivity index (χ1v) is 6.25. The average Bonchev–Trinajstić information content (AvgIpc) is 2.09. The molecule has 0 radical (unpaired) electrons. The van der Waals surface area contributed by atoms with Gasteiger partial charge in [0.15, 0.2) is 0 Å². The van der Waals surface area contributed by atoms with Crippen molar-refractivity contribution in [2.75, 3.05) is 23.9 Å². The van der Waals surface area contributed by atoms with Crippen LogP contribution in [0.25, 0.3) is 0 Å². The van der Waals surface area contributed by atoms with Gasteiger partial charge in [0.05, 0.1) is 9.77 Å². The molecule has 0 spiro atoms. The second-order valence-electron chi connectivity index (χ2n) is 2.40. The van der Waals surface area contributed by atoms with E-state index in [1.54, 1.807) is 11.8 Å². The molecule has 1 aromatic heterocycles. The number of aromatic nitrogens is 1. The van der Waals surface area contributed by atoms with Crippen LogP contribution in [0.1, 0.15) is 0 Å². The highest BCUT2D eigenvalue weighted by molar-refractivity contribution is 14.1. The molecule has 72 valence electrons. The SMILES string of the molecule is CSCCNc1ncc(F)cc1I. The van der Waals surface area contributed by atoms with E-state index in [2.05, 4.69) is 32.9 Å². The maximum absolute atomic E-state index is 12.6. The van der Waals surface area contributed by atoms with Gasteiger partial charge in [0, 0.05) is 12.3 Å². The van der Waals surface area contributed by atoms with Gasteiger partial charge in [-0.15, -0.1) is 0 Å². The minimum absolute atomic E-state index is 0.292. The lowest BCUT2D eigenvalue weighted by Gasteiger charge is -2.05. The number of nitrogens with zero attached hydrogens (tertiary/aromatic N) is 1. The van der Waals surface area contributed by atoms with E-state index in [9.17, 15) is 4.39 Å². The van der Waals surface area contributed by atoms with Crippen molar-refractivity contribution < 1.29 is 4.39 Å². The quantitative estimate of drug-likeness (QED) is 0.683. The van der Waals surface area contributed by atoms with Crippen LogP contribution in [0.3, 0.4) is 0 Å². The van der Waals surface area contributed by atoms with E-state index < -0.39 is 0 Å². The molecule has 1 aromatic rings. The van der Waals surface area contributed by atoms with E-state index in [1.165, 1.54) is 12.3 Å². The number of hydrogen-bond donors (Lipinski definition) is 1. The van der Waals surface area contributed by atoms with Crippen LogP contribution in [-0.2, 0) is 0 Å². The fourth-order valence-electron chi connectivity index (χ4n) is 0.816. The van der Waals surface area contributed by atoms with Crippen LogP contribution in [0.5, 0.6) is 0 Å². The summed E-state index contributed by atoms with van der Waals surface area (Å²) in [6, 6.07) is 1.47. The van der Waals surface area contributed by atoms with Crippen LogP contribution in [0, 0.1) is 9.39 Å². The van der Waals surface area contributed by atoms with Gasteiger partial charge >= 0.3 is 0 Å². The third-order valence-corrected chi connectivity index (χ3v) is 2.84. The third kappa shape index (κ3) is 3.68. The van der Waals surface area contributed by atoms with Crippen molar-refractivity contribution in [1.29, 1.82) is 0 Å². The predicted molar refractivity (Wildman–Crippen MR) is 63.8 cm³/mol. The summed E-state index contributed by atoms with van der Waals surface area (Å²) in [4.78, 5) is 3.95. The molecule has 0 fully saturated rings. The van der Waals surface area contributed by atoms with Gasteiger partial charge in [0.1, 0.15) is 11.6 Å². The van der Waals surface area contributed by atoms with Gasteiger partial charge in [0.25, 0.3) is 0 Å². The van der Waals surface area contributed by atoms with Crippen LogP contribution >= 0.6 is 34.4 Å². The fourth-order valence-corrected chi connectivity index (χ4v) is 1.75. The Kier molecular flexibility index (Phi) is 4.79. The Morgan fingerprint density at radius 3 is 3.08 bits per heavy atom. The van der Waals surface area contributed by atoms with Gasteiger partial charge in [-0.25, -0.2) is 9.37 Å². The number of rotatable bonds is 4. The molecule has 13 heavy (non-hydrogen) atoms. The predicted octanol–water partition coefficient (Wildman–Crippen LogP) is 2.60. The molecule has 0 bridgehead atoms. The Morgan fingerprint density at radius 1 is 1.69 bits per heavy atom. The van der Waals surface area contributed by atoms with E-state index in [-0.39, 0.29) is 5.82 Å². The van der Waals surface area contributed by atoms with Crippen molar-refractivity contribution in [1.82, 2.24) is 4.98 Å². The standard InChI is InChI=1S/C8H10FIN2S/c1-13-3-2-11-8-7(10)4-6(9)5-12-8/h4-5H,2-3H2,1H3,(H,11,12). The maximum Gasteiger partial charge on any atom is 0.142 e. The lowest BCUT2D eigenvalue weighted by Crippen LogP contribution is -2.07. The molecule has 0 unspecified atom stereocenters. The van der Waals surface area contributed by atoms with Crippen molar-refractivity contribution in [2.24, 2.45) is 0 Å². The molecule has 0 aliphatic carbocycles. The van der Waals surface area contributed by atoms with Crippen molar-refractivity contribution in [3.63, 3.8) is 0 Å². The summed E-state index contributed by atoms with van der Waals surface area (Å²) in [6.45, 7) is 0.857. The first-order valence-electron chi connectivity index (χ1n) is 3.78. The van der Waals surface area contributed by atoms with Gasteiger partial charge < -0.3 is 5.32 Å². The Labute approximate surface area is 94.8 Å². The molecule has 5 heteroatoms. The van der Waals surface area contributed by atoms with E-state index in [4.69, 9.17) is 0 Å². The highest BCUT2D eigenvalue weighted by atomic mass is 127. The molecule has 0 aliphatic heterocycles. The average molecular weight is 312 g/mol. The minimum Gasteiger partial charge on any atom is -0.368 e. The van der Waals surface area contributed by atoms with Crippen molar-refractivity contribution in [2.45, 2.75) is 0 Å². The molecule has 0 atom stereocenters. The summed E-state index contributed by atoms with van der Waals surface area (Å²) in [5.41, 5.74) is 0. The molecule has 1 rings (SSSR count). The van der Waals surface area contributed by atoms with Crippen molar-refractivity contribution in [3.8, 4) is 0 Å². The summed E-state index contributed by atoms with van der Waals surface area (Å²) in [6.07, 6.45) is 3.27. The van der Waals surface area contributed by atoms with Crippen molar-refractivity contribution in [3.05, 3.63) is 21.7 Å². The van der Waals surface area contributed by atoms with E-state index >= 15 is 0 Å². The summed E-state index contributed by atoms with van der Waals surface area (Å²) in [5.74, 6) is 1.49. The number of anilines is 1. The molecule has 0 aliphatic rings. The van der Waals surface area contributed by atoms with E-state index in [0.717, 1.165) is 21.7 Å². The fraction of sp³-hybridized carbons (Fsp3) is 0.375. The first-order chi connectivity index (χ1) is 6.24. The van der Waals surface area contributed by atoms with Crippen LogP contribution < -0.4 is 5.32 Å². The largest absolute Gasteiger partial charge is 0.368 e. The van der Waals surface area contributed by atoms with Gasteiger partial charge in [-0.1, -0.05) is 0 Å². The summed E-state index contributed by atoms with van der Waals surface area (Å²) in [5, 5.41) is 3.13. The monoisotopic (exact) mass is 312 g/mol. The summed E-state index contributed by atoms with van der Waals surface area (Å²) in [7, 11) is 0. The maximum atomic E-state index is 12.6. The summed E-state index contributed by atoms with van der Waals surface area (Å²) < 4.78 is 13.5. The van der Waals surface area contributed by atoms with E-state index in [0.29, 0.717) is 0 Å². The van der Waals surface area contributed by atoms with Gasteiger partial charge in [-0.05, 0) is 34.9 Å². The Balaban J connectivity index is 2.56. The van der Waals surface area contributed by atoms with Crippen molar-refractivity contribution >= 4 is 40.2 Å². The van der Waals surface area contributed by atoms with Gasteiger partial charge in [0.2, 0.25) is 0 Å². The molecule has 0 aromatic carbocycles. The Morgan fingerprint density at radius 2 is 2.46 bits per heavy atom. The highest BCUT2D eigenvalue weighted by Crippen LogP contribution is 2.15. The lowest BCUT2D eigenvalue weighted by molar-refractivity contribution is 0.620. The van der Waals surface area contributed by atoms with Gasteiger partial charge in [-0.2, -0.15) is 11.8 Å². The lowest BCUT2D eigenvalue weighted by atomic mass is 10.4. The van der Waals surface area contributed by atoms with Crippen LogP contribution in [0.2, 0.25) is 0 Å². The molecule has 0 amide bonds. The highest BCUT2D eigenvalue weighted by Gasteiger charge is 2.01. The molecule has 0 saturated carbocycles. The molecular formula is C8H10FIN2S. The Bertz CT molecular complexity index is 283. The van der Waals surface area contributed by atoms with Gasteiger partial charge in [-0.3, -0.25) is 0 Å². The minimum atomic E-state index is -0.292. The second kappa shape index (κ2) is 5.64. The number of hydrogen-bond acceptors (Lipinski definition) is 3. The number of pyridine rings is 1. The molecule has 2 nitrogen and oxygen atoms in total. The van der Waals surface area contributed by atoms with E-state index in [1.807, 2.05) is 6.26 Å². The molecular weight excluding hydrogens is 302 g/mol. The second-order valence-corrected chi connectivity index (χ2v) is 4.55. The topological polar surface area (TPSA) is 24.9 Å². The zero-order chi connectivity index (χ0) is 9.68. The van der Waals surface area contributed by atoms with Crippen LogP contribution in [-0.4, -0.2) is 23.5 Å². The first kappa shape index (κ1) is 11.0. The number of halogens is 2. The third-order valence-electron chi connectivity index (χ3n) is 1.41. The zero-order valence-electron chi connectivity index (χ0n) is 7.18. The van der Waals surface area contributed by atoms with Crippen LogP contribution in [0.15, 0.2) is 12.3 Å². The smallest absolute Gasteiger partial charge is 0.142 e. The normalized spacial score (nSPS) is 10.1. The molecule has 0 saturated heterocycles.